The normalized spacial score (nSPS) is 16.3. The van der Waals surface area contributed by atoms with E-state index in [9.17, 15) is 19.2 Å². The quantitative estimate of drug-likeness (QED) is 0.228. The third kappa shape index (κ3) is 4.19. The Morgan fingerprint density at radius 2 is 0.976 bits per heavy atom. The van der Waals surface area contributed by atoms with E-state index in [1.54, 1.807) is 72.8 Å². The summed E-state index contributed by atoms with van der Waals surface area (Å²) >= 11 is 0. The van der Waals surface area contributed by atoms with Gasteiger partial charge in [0.2, 0.25) is 0 Å². The van der Waals surface area contributed by atoms with E-state index in [4.69, 9.17) is 9.47 Å². The van der Waals surface area contributed by atoms with E-state index >= 15 is 0 Å². The smallest absolute Gasteiger partial charge is 0.338 e. The molecule has 0 saturated carbocycles. The fourth-order valence-corrected chi connectivity index (χ4v) is 8.91. The summed E-state index contributed by atoms with van der Waals surface area (Å²) in [6, 6.07) is 30.3. The Hall–Kier alpha value is -4.81. The molecule has 0 radical (unpaired) electrons. The highest BCUT2D eigenvalue weighted by Crippen LogP contribution is 2.65. The average Bonchev–Trinajstić information content (AvgIpc) is 3.39. The molecule has 0 unspecified atom stereocenters. The zero-order valence-electron chi connectivity index (χ0n) is 22.3. The Morgan fingerprint density at radius 1 is 0.585 bits per heavy atom. The van der Waals surface area contributed by atoms with E-state index in [1.165, 1.54) is 23.6 Å². The highest BCUT2D eigenvalue weighted by molar-refractivity contribution is 7.66. The van der Waals surface area contributed by atoms with Gasteiger partial charge in [-0.2, -0.15) is 0 Å². The molecule has 8 nitrogen and oxygen atoms in total. The van der Waals surface area contributed by atoms with E-state index < -0.39 is 31.4 Å². The number of esters is 2. The van der Waals surface area contributed by atoms with Crippen molar-refractivity contribution in [3.63, 3.8) is 0 Å². The van der Waals surface area contributed by atoms with Crippen LogP contribution in [0.15, 0.2) is 113 Å². The zero-order chi connectivity index (χ0) is 28.7. The van der Waals surface area contributed by atoms with Crippen LogP contribution in [0, 0.1) is 0 Å². The van der Waals surface area contributed by atoms with E-state index in [-0.39, 0.29) is 21.9 Å². The highest BCUT2D eigenvalue weighted by atomic mass is 31.1. The molecule has 4 aromatic carbocycles. The Labute approximate surface area is 236 Å². The molecule has 0 saturated heterocycles. The lowest BCUT2D eigenvalue weighted by molar-refractivity contribution is 0.0590. The number of methoxy groups -OCH3 is 2. The standard InChI is InChI=1S/C32H25N2O6P/c1-39-31(37)25-18-10-8-16-23(25)29-33-27(35)21-14-6-7-15-22(21)28(36)34(33)30(41(29)20-12-4-3-5-13-20)24-17-9-11-19-26(24)32(38)40-2/h3-19,29-30H,1-2H3/t29-,30-/m1/s1. The summed E-state index contributed by atoms with van der Waals surface area (Å²) in [7, 11) is 1.09. The molecular formula is C32H25N2O6P. The number of hydrogen-bond donors (Lipinski definition) is 0. The van der Waals surface area contributed by atoms with Gasteiger partial charge in [-0.25, -0.2) is 19.0 Å². The fraction of sp³-hybridized carbons (Fsp3) is 0.125. The molecule has 41 heavy (non-hydrogen) atoms. The summed E-state index contributed by atoms with van der Waals surface area (Å²) in [5, 5.41) is 1.44. The van der Waals surface area contributed by atoms with Gasteiger partial charge in [-0.3, -0.25) is 9.59 Å². The Kier molecular flexibility index (Phi) is 6.85. The maximum Gasteiger partial charge on any atom is 0.338 e. The number of rotatable bonds is 5. The Bertz CT molecular complexity index is 1810. The minimum Gasteiger partial charge on any atom is -0.465 e. The number of hydrogen-bond acceptors (Lipinski definition) is 6. The predicted molar refractivity (Wildman–Crippen MR) is 157 cm³/mol. The van der Waals surface area contributed by atoms with Gasteiger partial charge in [-0.15, -0.1) is 0 Å². The number of nitrogens with zero attached hydrogens (tertiary/aromatic N) is 2. The summed E-state index contributed by atoms with van der Waals surface area (Å²) in [6.07, 6.45) is 0. The molecule has 0 spiro atoms. The van der Waals surface area contributed by atoms with Gasteiger partial charge in [-0.05, 0) is 48.6 Å². The molecule has 0 amide bonds. The van der Waals surface area contributed by atoms with Crippen LogP contribution in [0.5, 0.6) is 0 Å². The van der Waals surface area contributed by atoms with Crippen LogP contribution >= 0.6 is 7.92 Å². The van der Waals surface area contributed by atoms with E-state index in [0.717, 1.165) is 5.30 Å². The SMILES string of the molecule is COC(=O)c1ccccc1[C@@H]1n2c(=O)c3ccccc3c(=O)n2[C@@H](c2ccccc2C(=O)OC)P1c1ccccc1. The molecule has 2 heterocycles. The van der Waals surface area contributed by atoms with Crippen LogP contribution in [0.4, 0.5) is 0 Å². The molecule has 1 aliphatic heterocycles. The second-order valence-corrected chi connectivity index (χ2v) is 11.8. The highest BCUT2D eigenvalue weighted by Gasteiger charge is 2.47. The second kappa shape index (κ2) is 10.6. The van der Waals surface area contributed by atoms with Gasteiger partial charge in [0.05, 0.1) is 36.1 Å². The lowest BCUT2D eigenvalue weighted by atomic mass is 10.1. The molecule has 0 aliphatic carbocycles. The van der Waals surface area contributed by atoms with Crippen molar-refractivity contribution < 1.29 is 19.1 Å². The van der Waals surface area contributed by atoms with Gasteiger partial charge in [0, 0.05) is 0 Å². The van der Waals surface area contributed by atoms with Crippen LogP contribution in [-0.2, 0) is 9.47 Å². The van der Waals surface area contributed by atoms with Gasteiger partial charge in [0.15, 0.2) is 0 Å². The molecule has 6 rings (SSSR count). The Balaban J connectivity index is 1.80. The van der Waals surface area contributed by atoms with Gasteiger partial charge < -0.3 is 9.47 Å². The van der Waals surface area contributed by atoms with Crippen LogP contribution in [0.2, 0.25) is 0 Å². The molecule has 0 N–H and O–H groups in total. The lowest BCUT2D eigenvalue weighted by Crippen LogP contribution is -2.38. The van der Waals surface area contributed by atoms with Crippen molar-refractivity contribution >= 4 is 35.9 Å². The number of fused-ring (bicyclic) bond motifs is 2. The zero-order valence-corrected chi connectivity index (χ0v) is 23.2. The van der Waals surface area contributed by atoms with Crippen molar-refractivity contribution in [2.24, 2.45) is 0 Å². The largest absolute Gasteiger partial charge is 0.465 e. The van der Waals surface area contributed by atoms with Crippen LogP contribution in [0.3, 0.4) is 0 Å². The van der Waals surface area contributed by atoms with Crippen LogP contribution in [0.25, 0.3) is 10.8 Å². The molecule has 204 valence electrons. The van der Waals surface area contributed by atoms with E-state index in [0.29, 0.717) is 22.3 Å². The summed E-state index contributed by atoms with van der Waals surface area (Å²) in [6.45, 7) is 0. The molecule has 5 aromatic rings. The molecule has 1 aromatic heterocycles. The molecule has 0 fully saturated rings. The van der Waals surface area contributed by atoms with Gasteiger partial charge in [-0.1, -0.05) is 78.9 Å². The first-order chi connectivity index (χ1) is 20.0. The Morgan fingerprint density at radius 3 is 1.41 bits per heavy atom. The number of carbonyl (C=O) groups is 2. The minimum atomic E-state index is -1.52. The third-order valence-electron chi connectivity index (χ3n) is 7.37. The van der Waals surface area contributed by atoms with E-state index in [1.807, 2.05) is 30.3 Å². The number of ether oxygens (including phenoxy) is 2. The van der Waals surface area contributed by atoms with Crippen LogP contribution in [0.1, 0.15) is 43.4 Å². The van der Waals surface area contributed by atoms with Crippen molar-refractivity contribution in [2.45, 2.75) is 11.6 Å². The first-order valence-electron chi connectivity index (χ1n) is 12.9. The minimum absolute atomic E-state index is 0.277. The number of benzene rings is 4. The van der Waals surface area contributed by atoms with Gasteiger partial charge in [0.1, 0.15) is 11.6 Å². The van der Waals surface area contributed by atoms with Gasteiger partial charge in [0.25, 0.3) is 11.1 Å². The van der Waals surface area contributed by atoms with Gasteiger partial charge >= 0.3 is 11.9 Å². The maximum atomic E-state index is 14.3. The molecule has 1 aliphatic rings. The second-order valence-electron chi connectivity index (χ2n) is 9.49. The van der Waals surface area contributed by atoms with Crippen molar-refractivity contribution in [3.05, 3.63) is 146 Å². The van der Waals surface area contributed by atoms with Crippen molar-refractivity contribution in [1.82, 2.24) is 9.36 Å². The van der Waals surface area contributed by atoms with E-state index in [2.05, 4.69) is 0 Å². The maximum absolute atomic E-state index is 14.3. The van der Waals surface area contributed by atoms with Crippen LogP contribution in [-0.4, -0.2) is 35.5 Å². The number of aromatic nitrogens is 2. The molecule has 9 heteroatoms. The van der Waals surface area contributed by atoms with Crippen LogP contribution < -0.4 is 16.4 Å². The summed E-state index contributed by atoms with van der Waals surface area (Å²) < 4.78 is 13.2. The predicted octanol–water partition coefficient (Wildman–Crippen LogP) is 4.65. The third-order valence-corrected chi connectivity index (χ3v) is 10.3. The van der Waals surface area contributed by atoms with Crippen molar-refractivity contribution in [2.75, 3.05) is 14.2 Å². The number of carbonyl (C=O) groups excluding carboxylic acids is 2. The first-order valence-corrected chi connectivity index (χ1v) is 14.4. The van der Waals surface area contributed by atoms with Crippen molar-refractivity contribution in [1.29, 1.82) is 0 Å². The first kappa shape index (κ1) is 26.4. The molecule has 0 bridgehead atoms. The fourth-order valence-electron chi connectivity index (χ4n) is 5.61. The lowest BCUT2D eigenvalue weighted by Gasteiger charge is -2.27. The summed E-state index contributed by atoms with van der Waals surface area (Å²) in [5.74, 6) is -2.57. The summed E-state index contributed by atoms with van der Waals surface area (Å²) in [5.41, 5.74) is 0.960. The van der Waals surface area contributed by atoms with Crippen molar-refractivity contribution in [3.8, 4) is 0 Å². The topological polar surface area (TPSA) is 96.6 Å². The summed E-state index contributed by atoms with van der Waals surface area (Å²) in [4.78, 5) is 54.7. The monoisotopic (exact) mass is 564 g/mol. The average molecular weight is 565 g/mol. The molecular weight excluding hydrogens is 539 g/mol. The molecule has 2 atom stereocenters.